The summed E-state index contributed by atoms with van der Waals surface area (Å²) in [6.07, 6.45) is -1.62. The second-order valence-corrected chi connectivity index (χ2v) is 8.10. The molecule has 0 saturated carbocycles. The molecule has 3 fully saturated rings. The van der Waals surface area contributed by atoms with Gasteiger partial charge in [-0.25, -0.2) is 13.8 Å². The molecule has 0 bridgehead atoms. The lowest BCUT2D eigenvalue weighted by atomic mass is 10.1. The van der Waals surface area contributed by atoms with Gasteiger partial charge >= 0.3 is 0 Å². The summed E-state index contributed by atoms with van der Waals surface area (Å²) in [5.41, 5.74) is 5.51. The summed E-state index contributed by atoms with van der Waals surface area (Å²) in [4.78, 5) is 21.8. The second kappa shape index (κ2) is 8.68. The SMILES string of the molecule is C[C@@H]1COCCN1c1nc(-c2cnc(N)cc2C(F)F)nc(N2C[C@@H]3OCCO[C@@H]3C2)n1. The average molecular weight is 449 g/mol. The Hall–Kier alpha value is -2.70. The van der Waals surface area contributed by atoms with Gasteiger partial charge in [0.05, 0.1) is 32.5 Å². The van der Waals surface area contributed by atoms with Crippen molar-refractivity contribution < 1.29 is 23.0 Å². The molecule has 2 N–H and O–H groups in total. The molecular formula is C20H25F2N7O3. The van der Waals surface area contributed by atoms with Crippen LogP contribution in [0, 0.1) is 0 Å². The average Bonchev–Trinajstić information content (AvgIpc) is 3.23. The lowest BCUT2D eigenvalue weighted by Gasteiger charge is -2.33. The number of aromatic nitrogens is 4. The van der Waals surface area contributed by atoms with E-state index in [2.05, 4.69) is 15.0 Å². The Morgan fingerprint density at radius 3 is 2.47 bits per heavy atom. The predicted molar refractivity (Wildman–Crippen MR) is 112 cm³/mol. The number of hydrogen-bond donors (Lipinski definition) is 1. The van der Waals surface area contributed by atoms with Gasteiger partial charge in [0.25, 0.3) is 6.43 Å². The Kier molecular flexibility index (Phi) is 5.74. The molecule has 2 aromatic heterocycles. The summed E-state index contributed by atoms with van der Waals surface area (Å²) in [6.45, 7) is 5.83. The molecule has 172 valence electrons. The third kappa shape index (κ3) is 4.05. The van der Waals surface area contributed by atoms with Gasteiger partial charge in [-0.3, -0.25) is 0 Å². The van der Waals surface area contributed by atoms with E-state index in [0.29, 0.717) is 58.0 Å². The van der Waals surface area contributed by atoms with E-state index in [4.69, 9.17) is 24.9 Å². The summed E-state index contributed by atoms with van der Waals surface area (Å²) < 4.78 is 44.7. The van der Waals surface area contributed by atoms with Crippen LogP contribution < -0.4 is 15.5 Å². The molecule has 3 aliphatic heterocycles. The Balaban J connectivity index is 1.58. The van der Waals surface area contributed by atoms with Crippen LogP contribution in [0.15, 0.2) is 12.3 Å². The standard InChI is InChI=1S/C20H25F2N7O3/c1-11-10-30-3-2-29(11)20-26-18(13-7-24-16(23)6-12(13)17(21)22)25-19(27-20)28-8-14-15(9-28)32-5-4-31-14/h6-7,11,14-15,17H,2-5,8-10H2,1H3,(H2,23,24)/t11-,14-,15+/m1/s1. The maximum atomic E-state index is 13.8. The number of nitrogens with two attached hydrogens (primary N) is 1. The number of anilines is 3. The van der Waals surface area contributed by atoms with Crippen LogP contribution in [0.4, 0.5) is 26.5 Å². The molecule has 0 aromatic carbocycles. The molecule has 10 nitrogen and oxygen atoms in total. The van der Waals surface area contributed by atoms with E-state index in [1.165, 1.54) is 6.20 Å². The summed E-state index contributed by atoms with van der Waals surface area (Å²) in [5.74, 6) is 0.943. The number of ether oxygens (including phenoxy) is 3. The predicted octanol–water partition coefficient (Wildman–Crippen LogP) is 1.28. The van der Waals surface area contributed by atoms with Crippen LogP contribution in [0.3, 0.4) is 0 Å². The van der Waals surface area contributed by atoms with Gasteiger partial charge in [0.2, 0.25) is 11.9 Å². The van der Waals surface area contributed by atoms with Crippen molar-refractivity contribution in [3.63, 3.8) is 0 Å². The van der Waals surface area contributed by atoms with Gasteiger partial charge in [-0.1, -0.05) is 0 Å². The summed E-state index contributed by atoms with van der Waals surface area (Å²) in [5, 5.41) is 0. The zero-order chi connectivity index (χ0) is 22.2. The van der Waals surface area contributed by atoms with Gasteiger partial charge in [0, 0.05) is 37.0 Å². The normalized spacial score (nSPS) is 25.9. The monoisotopic (exact) mass is 449 g/mol. The Labute approximate surface area is 183 Å². The smallest absolute Gasteiger partial charge is 0.264 e. The molecule has 0 spiro atoms. The number of pyridine rings is 1. The van der Waals surface area contributed by atoms with Crippen LogP contribution in [0.1, 0.15) is 18.9 Å². The number of fused-ring (bicyclic) bond motifs is 1. The van der Waals surface area contributed by atoms with Gasteiger partial charge in [0.1, 0.15) is 18.0 Å². The molecule has 0 aliphatic carbocycles. The van der Waals surface area contributed by atoms with Gasteiger partial charge in [-0.15, -0.1) is 0 Å². The quantitative estimate of drug-likeness (QED) is 0.733. The molecular weight excluding hydrogens is 424 g/mol. The summed E-state index contributed by atoms with van der Waals surface area (Å²) in [7, 11) is 0. The minimum Gasteiger partial charge on any atom is -0.384 e. The molecule has 5 heterocycles. The number of hydrogen-bond acceptors (Lipinski definition) is 10. The fraction of sp³-hybridized carbons (Fsp3) is 0.600. The first-order valence-corrected chi connectivity index (χ1v) is 10.6. The van der Waals surface area contributed by atoms with Crippen LogP contribution in [0.2, 0.25) is 0 Å². The highest BCUT2D eigenvalue weighted by atomic mass is 19.3. The van der Waals surface area contributed by atoms with E-state index >= 15 is 0 Å². The van der Waals surface area contributed by atoms with Crippen molar-refractivity contribution in [1.29, 1.82) is 0 Å². The third-order valence-corrected chi connectivity index (χ3v) is 5.91. The summed E-state index contributed by atoms with van der Waals surface area (Å²) in [6, 6.07) is 1.19. The van der Waals surface area contributed by atoms with Crippen molar-refractivity contribution >= 4 is 17.7 Å². The van der Waals surface area contributed by atoms with E-state index in [1.54, 1.807) is 0 Å². The largest absolute Gasteiger partial charge is 0.384 e. The maximum absolute atomic E-state index is 13.8. The van der Waals surface area contributed by atoms with E-state index in [0.717, 1.165) is 6.07 Å². The highest BCUT2D eigenvalue weighted by Crippen LogP contribution is 2.33. The molecule has 5 rings (SSSR count). The minimum atomic E-state index is -2.75. The number of morpholine rings is 1. The minimum absolute atomic E-state index is 0.0123. The fourth-order valence-corrected chi connectivity index (χ4v) is 4.25. The van der Waals surface area contributed by atoms with Crippen molar-refractivity contribution in [2.75, 3.05) is 61.6 Å². The van der Waals surface area contributed by atoms with E-state index in [-0.39, 0.29) is 41.0 Å². The number of alkyl halides is 2. The molecule has 0 amide bonds. The first kappa shape index (κ1) is 21.2. The highest BCUT2D eigenvalue weighted by Gasteiger charge is 2.38. The van der Waals surface area contributed by atoms with E-state index in [1.807, 2.05) is 16.7 Å². The lowest BCUT2D eigenvalue weighted by molar-refractivity contribution is -0.116. The number of nitrogen functional groups attached to an aromatic ring is 1. The van der Waals surface area contributed by atoms with Crippen LogP contribution >= 0.6 is 0 Å². The Morgan fingerprint density at radius 2 is 1.78 bits per heavy atom. The molecule has 32 heavy (non-hydrogen) atoms. The molecule has 12 heteroatoms. The molecule has 3 aliphatic rings. The fourth-order valence-electron chi connectivity index (χ4n) is 4.25. The topological polar surface area (TPSA) is 112 Å². The number of halogens is 2. The van der Waals surface area contributed by atoms with Crippen LogP contribution in [-0.4, -0.2) is 84.2 Å². The van der Waals surface area contributed by atoms with Gasteiger partial charge in [-0.2, -0.15) is 15.0 Å². The van der Waals surface area contributed by atoms with Gasteiger partial charge < -0.3 is 29.7 Å². The first-order valence-electron chi connectivity index (χ1n) is 10.6. The Bertz CT molecular complexity index is 968. The molecule has 0 unspecified atom stereocenters. The van der Waals surface area contributed by atoms with Crippen molar-refractivity contribution in [2.24, 2.45) is 0 Å². The summed E-state index contributed by atoms with van der Waals surface area (Å²) >= 11 is 0. The van der Waals surface area contributed by atoms with Crippen molar-refractivity contribution in [1.82, 2.24) is 19.9 Å². The lowest BCUT2D eigenvalue weighted by Crippen LogP contribution is -2.45. The van der Waals surface area contributed by atoms with E-state index in [9.17, 15) is 8.78 Å². The molecule has 3 saturated heterocycles. The van der Waals surface area contributed by atoms with Gasteiger partial charge in [0.15, 0.2) is 5.82 Å². The third-order valence-electron chi connectivity index (χ3n) is 5.91. The van der Waals surface area contributed by atoms with Crippen molar-refractivity contribution in [2.45, 2.75) is 31.6 Å². The molecule has 0 radical (unpaired) electrons. The number of rotatable bonds is 4. The van der Waals surface area contributed by atoms with Crippen LogP contribution in [0.5, 0.6) is 0 Å². The molecule has 2 aromatic rings. The number of nitrogens with zero attached hydrogens (tertiary/aromatic N) is 6. The van der Waals surface area contributed by atoms with E-state index < -0.39 is 6.43 Å². The zero-order valence-electron chi connectivity index (χ0n) is 17.7. The Morgan fingerprint density at radius 1 is 1.06 bits per heavy atom. The highest BCUT2D eigenvalue weighted by molar-refractivity contribution is 5.64. The van der Waals surface area contributed by atoms with Crippen molar-refractivity contribution in [3.05, 3.63) is 17.8 Å². The van der Waals surface area contributed by atoms with Gasteiger partial charge in [-0.05, 0) is 13.0 Å². The maximum Gasteiger partial charge on any atom is 0.264 e. The van der Waals surface area contributed by atoms with Crippen LogP contribution in [-0.2, 0) is 14.2 Å². The zero-order valence-corrected chi connectivity index (χ0v) is 17.7. The van der Waals surface area contributed by atoms with Crippen molar-refractivity contribution in [3.8, 4) is 11.4 Å². The van der Waals surface area contributed by atoms with Crippen LogP contribution in [0.25, 0.3) is 11.4 Å². The second-order valence-electron chi connectivity index (χ2n) is 8.10. The first-order chi connectivity index (χ1) is 15.5. The molecule has 3 atom stereocenters.